The minimum atomic E-state index is -0.106. The Morgan fingerprint density at radius 3 is 2.59 bits per heavy atom. The molecule has 0 saturated carbocycles. The molecule has 0 aromatic heterocycles. The first-order valence-electron chi connectivity index (χ1n) is 6.16. The van der Waals surface area contributed by atoms with Gasteiger partial charge in [-0.3, -0.25) is 4.79 Å². The Morgan fingerprint density at radius 2 is 2.00 bits per heavy atom. The minimum Gasteiger partial charge on any atom is -0.508 e. The number of nitrogens with one attached hydrogen (secondary N) is 1. The van der Waals surface area contributed by atoms with Crippen LogP contribution in [0.15, 0.2) is 18.2 Å². The topological polar surface area (TPSA) is 49.3 Å². The van der Waals surface area contributed by atoms with Crippen molar-refractivity contribution in [3.05, 3.63) is 29.3 Å². The van der Waals surface area contributed by atoms with Crippen LogP contribution in [-0.4, -0.2) is 17.6 Å². The maximum absolute atomic E-state index is 11.9. The molecule has 0 fully saturated rings. The van der Waals surface area contributed by atoms with Gasteiger partial charge in [-0.25, -0.2) is 0 Å². The van der Waals surface area contributed by atoms with Gasteiger partial charge in [0.1, 0.15) is 5.75 Å². The van der Waals surface area contributed by atoms with Gasteiger partial charge in [0, 0.05) is 17.7 Å². The van der Waals surface area contributed by atoms with E-state index in [0.717, 1.165) is 12.8 Å². The van der Waals surface area contributed by atoms with Crippen LogP contribution in [0.3, 0.4) is 0 Å². The highest BCUT2D eigenvalue weighted by atomic mass is 16.3. The van der Waals surface area contributed by atoms with Crippen molar-refractivity contribution in [1.82, 2.24) is 5.32 Å². The molecular formula is C14H21NO2. The fourth-order valence-electron chi connectivity index (χ4n) is 1.78. The molecule has 1 aromatic carbocycles. The van der Waals surface area contributed by atoms with Crippen molar-refractivity contribution < 1.29 is 9.90 Å². The third-order valence-corrected chi connectivity index (χ3v) is 3.26. The smallest absolute Gasteiger partial charge is 0.251 e. The second kappa shape index (κ2) is 6.28. The predicted octanol–water partition coefficient (Wildman–Crippen LogP) is 2.87. The molecule has 0 bridgehead atoms. The zero-order valence-corrected chi connectivity index (χ0v) is 10.8. The van der Waals surface area contributed by atoms with Gasteiger partial charge in [-0.05, 0) is 25.0 Å². The summed E-state index contributed by atoms with van der Waals surface area (Å²) in [5.74, 6) is 0.585. The number of phenols is 1. The molecule has 0 heterocycles. The molecule has 0 atom stereocenters. The summed E-state index contributed by atoms with van der Waals surface area (Å²) >= 11 is 0. The molecule has 1 amide bonds. The molecule has 0 spiro atoms. The van der Waals surface area contributed by atoms with E-state index in [1.807, 2.05) is 0 Å². The number of carbonyl (C=O) groups excluding carboxylic acids is 1. The SMILES string of the molecule is CCC(CC)CNC(=O)c1cccc(O)c1C. The van der Waals surface area contributed by atoms with Crippen molar-refractivity contribution >= 4 is 5.91 Å². The summed E-state index contributed by atoms with van der Waals surface area (Å²) in [6.45, 7) is 6.70. The van der Waals surface area contributed by atoms with Crippen LogP contribution in [0.2, 0.25) is 0 Å². The van der Waals surface area contributed by atoms with Crippen molar-refractivity contribution in [2.45, 2.75) is 33.6 Å². The first kappa shape index (κ1) is 13.6. The highest BCUT2D eigenvalue weighted by Gasteiger charge is 2.12. The standard InChI is InChI=1S/C14H21NO2/c1-4-11(5-2)9-15-14(17)12-7-6-8-13(16)10(12)3/h6-8,11,16H,4-5,9H2,1-3H3,(H,15,17). The van der Waals surface area contributed by atoms with Gasteiger partial charge in [-0.2, -0.15) is 0 Å². The molecule has 94 valence electrons. The lowest BCUT2D eigenvalue weighted by atomic mass is 10.0. The number of aromatic hydroxyl groups is 1. The summed E-state index contributed by atoms with van der Waals surface area (Å²) in [5, 5.41) is 12.5. The number of benzene rings is 1. The van der Waals surface area contributed by atoms with Crippen LogP contribution in [0.5, 0.6) is 5.75 Å². The lowest BCUT2D eigenvalue weighted by Gasteiger charge is -2.14. The highest BCUT2D eigenvalue weighted by molar-refractivity contribution is 5.96. The lowest BCUT2D eigenvalue weighted by molar-refractivity contribution is 0.0945. The van der Waals surface area contributed by atoms with Crippen LogP contribution < -0.4 is 5.32 Å². The van der Waals surface area contributed by atoms with E-state index in [0.29, 0.717) is 23.6 Å². The van der Waals surface area contributed by atoms with Gasteiger partial charge in [-0.15, -0.1) is 0 Å². The lowest BCUT2D eigenvalue weighted by Crippen LogP contribution is -2.29. The fourth-order valence-corrected chi connectivity index (χ4v) is 1.78. The molecule has 1 rings (SSSR count). The van der Waals surface area contributed by atoms with Crippen LogP contribution in [0.25, 0.3) is 0 Å². The quantitative estimate of drug-likeness (QED) is 0.824. The van der Waals surface area contributed by atoms with Gasteiger partial charge >= 0.3 is 0 Å². The Hall–Kier alpha value is -1.51. The average Bonchev–Trinajstić information content (AvgIpc) is 2.33. The number of carbonyl (C=O) groups is 1. The predicted molar refractivity (Wildman–Crippen MR) is 69.2 cm³/mol. The Balaban J connectivity index is 2.67. The van der Waals surface area contributed by atoms with E-state index in [1.54, 1.807) is 25.1 Å². The summed E-state index contributed by atoms with van der Waals surface area (Å²) in [7, 11) is 0. The minimum absolute atomic E-state index is 0.106. The first-order valence-corrected chi connectivity index (χ1v) is 6.16. The second-order valence-corrected chi connectivity index (χ2v) is 4.34. The fraction of sp³-hybridized carbons (Fsp3) is 0.500. The Morgan fingerprint density at radius 1 is 1.35 bits per heavy atom. The highest BCUT2D eigenvalue weighted by Crippen LogP contribution is 2.19. The Kier molecular flexibility index (Phi) is 5.01. The molecule has 2 N–H and O–H groups in total. The number of phenolic OH excluding ortho intramolecular Hbond substituents is 1. The zero-order valence-electron chi connectivity index (χ0n) is 10.8. The zero-order chi connectivity index (χ0) is 12.8. The van der Waals surface area contributed by atoms with Crippen LogP contribution in [0, 0.1) is 12.8 Å². The van der Waals surface area contributed by atoms with E-state index in [2.05, 4.69) is 19.2 Å². The molecule has 17 heavy (non-hydrogen) atoms. The van der Waals surface area contributed by atoms with Crippen LogP contribution >= 0.6 is 0 Å². The summed E-state index contributed by atoms with van der Waals surface area (Å²) in [6.07, 6.45) is 2.13. The van der Waals surface area contributed by atoms with Crippen molar-refractivity contribution in [3.8, 4) is 5.75 Å². The summed E-state index contributed by atoms with van der Waals surface area (Å²) in [4.78, 5) is 11.9. The molecule has 0 aliphatic carbocycles. The molecule has 3 nitrogen and oxygen atoms in total. The van der Waals surface area contributed by atoms with Gasteiger partial charge in [-0.1, -0.05) is 32.8 Å². The van der Waals surface area contributed by atoms with E-state index in [9.17, 15) is 9.90 Å². The number of rotatable bonds is 5. The van der Waals surface area contributed by atoms with Crippen molar-refractivity contribution in [3.63, 3.8) is 0 Å². The molecule has 0 radical (unpaired) electrons. The maximum atomic E-state index is 11.9. The summed E-state index contributed by atoms with van der Waals surface area (Å²) in [5.41, 5.74) is 1.19. The van der Waals surface area contributed by atoms with Crippen molar-refractivity contribution in [2.24, 2.45) is 5.92 Å². The summed E-state index contributed by atoms with van der Waals surface area (Å²) < 4.78 is 0. The molecule has 3 heteroatoms. The Bertz CT molecular complexity index is 384. The van der Waals surface area contributed by atoms with Gasteiger partial charge in [0.15, 0.2) is 0 Å². The van der Waals surface area contributed by atoms with E-state index in [4.69, 9.17) is 0 Å². The summed E-state index contributed by atoms with van der Waals surface area (Å²) in [6, 6.07) is 5.01. The van der Waals surface area contributed by atoms with E-state index in [-0.39, 0.29) is 11.7 Å². The van der Waals surface area contributed by atoms with Gasteiger partial charge in [0.25, 0.3) is 5.91 Å². The van der Waals surface area contributed by atoms with E-state index < -0.39 is 0 Å². The number of hydrogen-bond acceptors (Lipinski definition) is 2. The second-order valence-electron chi connectivity index (χ2n) is 4.34. The van der Waals surface area contributed by atoms with Gasteiger partial charge in [0.2, 0.25) is 0 Å². The van der Waals surface area contributed by atoms with Crippen LogP contribution in [0.1, 0.15) is 42.6 Å². The molecule has 0 saturated heterocycles. The van der Waals surface area contributed by atoms with Gasteiger partial charge in [0.05, 0.1) is 0 Å². The van der Waals surface area contributed by atoms with E-state index in [1.165, 1.54) is 0 Å². The largest absolute Gasteiger partial charge is 0.508 e. The average molecular weight is 235 g/mol. The monoisotopic (exact) mass is 235 g/mol. The maximum Gasteiger partial charge on any atom is 0.251 e. The van der Waals surface area contributed by atoms with Crippen molar-refractivity contribution in [1.29, 1.82) is 0 Å². The van der Waals surface area contributed by atoms with Crippen molar-refractivity contribution in [2.75, 3.05) is 6.54 Å². The Labute approximate surface area is 103 Å². The van der Waals surface area contributed by atoms with Crippen LogP contribution in [0.4, 0.5) is 0 Å². The normalized spacial score (nSPS) is 10.6. The molecule has 1 aromatic rings. The van der Waals surface area contributed by atoms with E-state index >= 15 is 0 Å². The first-order chi connectivity index (χ1) is 8.10. The number of hydrogen-bond donors (Lipinski definition) is 2. The van der Waals surface area contributed by atoms with Crippen LogP contribution in [-0.2, 0) is 0 Å². The molecule has 0 aliphatic rings. The molecule has 0 unspecified atom stereocenters. The third-order valence-electron chi connectivity index (χ3n) is 3.26. The third kappa shape index (κ3) is 3.48. The number of amides is 1. The molecule has 0 aliphatic heterocycles. The van der Waals surface area contributed by atoms with Gasteiger partial charge < -0.3 is 10.4 Å². The molecular weight excluding hydrogens is 214 g/mol.